The van der Waals surface area contributed by atoms with Crippen LogP contribution >= 0.6 is 0 Å². The Balaban J connectivity index is 1.67. The fraction of sp³-hybridized carbons (Fsp3) is 0.364. The Morgan fingerprint density at radius 1 is 1.36 bits per heavy atom. The zero-order valence-electron chi connectivity index (χ0n) is 7.76. The molecule has 2 rings (SSSR count). The molecule has 0 saturated carbocycles. The van der Waals surface area contributed by atoms with E-state index in [1.165, 1.54) is 0 Å². The lowest BCUT2D eigenvalue weighted by molar-refractivity contribution is -0.108. The first-order valence-corrected chi connectivity index (χ1v) is 4.62. The average Bonchev–Trinajstić information content (AvgIpc) is 2.98. The van der Waals surface area contributed by atoms with Crippen molar-refractivity contribution in [2.24, 2.45) is 0 Å². The highest BCUT2D eigenvalue weighted by molar-refractivity contribution is 5.60. The largest absolute Gasteiger partial charge is 0.374 e. The number of carbonyl (C=O) groups excluding carboxylic acids is 1. The van der Waals surface area contributed by atoms with Crippen LogP contribution in [-0.4, -0.2) is 25.1 Å². The highest BCUT2D eigenvalue weighted by Crippen LogP contribution is 2.19. The molecular formula is C11H12O3. The first kappa shape index (κ1) is 9.37. The molecule has 0 aliphatic carbocycles. The molecule has 1 heterocycles. The minimum atomic E-state index is -0.231. The highest BCUT2D eigenvalue weighted by atomic mass is 16.6. The Kier molecular flexibility index (Phi) is 2.91. The first-order valence-electron chi connectivity index (χ1n) is 4.62. The summed E-state index contributed by atoms with van der Waals surface area (Å²) in [6.45, 7) is 1.07. The maximum Gasteiger partial charge on any atom is 0.151 e. The number of hydrogen-bond acceptors (Lipinski definition) is 3. The van der Waals surface area contributed by atoms with Crippen LogP contribution in [0.5, 0.6) is 0 Å². The van der Waals surface area contributed by atoms with Gasteiger partial charge in [0.1, 0.15) is 12.2 Å². The highest BCUT2D eigenvalue weighted by Gasteiger charge is 2.38. The van der Waals surface area contributed by atoms with Crippen LogP contribution in [0.15, 0.2) is 30.3 Å². The van der Waals surface area contributed by atoms with Crippen molar-refractivity contribution in [3.05, 3.63) is 35.9 Å². The lowest BCUT2D eigenvalue weighted by Gasteiger charge is -2.01. The molecule has 1 aliphatic rings. The lowest BCUT2D eigenvalue weighted by atomic mass is 10.2. The van der Waals surface area contributed by atoms with Crippen LogP contribution in [-0.2, 0) is 20.9 Å². The van der Waals surface area contributed by atoms with Crippen molar-refractivity contribution < 1.29 is 14.3 Å². The van der Waals surface area contributed by atoms with Gasteiger partial charge in [0, 0.05) is 0 Å². The Bertz CT molecular complexity index is 297. The van der Waals surface area contributed by atoms with E-state index >= 15 is 0 Å². The van der Waals surface area contributed by atoms with Crippen LogP contribution in [0.4, 0.5) is 0 Å². The van der Waals surface area contributed by atoms with Crippen molar-refractivity contribution >= 4 is 6.29 Å². The fourth-order valence-corrected chi connectivity index (χ4v) is 1.28. The van der Waals surface area contributed by atoms with Crippen molar-refractivity contribution in [2.75, 3.05) is 6.61 Å². The summed E-state index contributed by atoms with van der Waals surface area (Å²) in [5, 5.41) is 0. The number of carbonyl (C=O) groups is 1. The van der Waals surface area contributed by atoms with Crippen LogP contribution < -0.4 is 0 Å². The molecule has 0 bridgehead atoms. The molecule has 14 heavy (non-hydrogen) atoms. The molecule has 74 valence electrons. The minimum Gasteiger partial charge on any atom is -0.374 e. The van der Waals surface area contributed by atoms with Crippen molar-refractivity contribution in [3.8, 4) is 0 Å². The second kappa shape index (κ2) is 4.35. The number of benzene rings is 1. The third kappa shape index (κ3) is 2.40. The molecule has 1 aromatic rings. The molecular weight excluding hydrogens is 180 g/mol. The normalized spacial score (nSPS) is 24.6. The van der Waals surface area contributed by atoms with Crippen molar-refractivity contribution in [1.29, 1.82) is 0 Å². The van der Waals surface area contributed by atoms with Crippen LogP contribution in [0, 0.1) is 0 Å². The van der Waals surface area contributed by atoms with Gasteiger partial charge in [-0.2, -0.15) is 0 Å². The third-order valence-corrected chi connectivity index (χ3v) is 2.15. The standard InChI is InChI=1S/C11H12O3/c12-6-10-11(14-10)8-13-7-9-4-2-1-3-5-9/h1-6,10-11H,7-8H2/t10-,11-/m0/s1. The molecule has 0 unspecified atom stereocenters. The monoisotopic (exact) mass is 192 g/mol. The number of epoxide rings is 1. The molecule has 1 aliphatic heterocycles. The van der Waals surface area contributed by atoms with E-state index < -0.39 is 0 Å². The predicted molar refractivity (Wildman–Crippen MR) is 50.8 cm³/mol. The minimum absolute atomic E-state index is 0.0174. The second-order valence-electron chi connectivity index (χ2n) is 3.28. The van der Waals surface area contributed by atoms with E-state index in [1.54, 1.807) is 0 Å². The molecule has 0 N–H and O–H groups in total. The van der Waals surface area contributed by atoms with Crippen molar-refractivity contribution in [1.82, 2.24) is 0 Å². The zero-order valence-corrected chi connectivity index (χ0v) is 7.76. The van der Waals surface area contributed by atoms with Gasteiger partial charge in [0.05, 0.1) is 13.2 Å². The zero-order chi connectivity index (χ0) is 9.80. The quantitative estimate of drug-likeness (QED) is 0.519. The topological polar surface area (TPSA) is 38.8 Å². The summed E-state index contributed by atoms with van der Waals surface area (Å²) in [4.78, 5) is 10.2. The Morgan fingerprint density at radius 2 is 2.14 bits per heavy atom. The number of rotatable bonds is 5. The SMILES string of the molecule is O=C[C@@H]1O[C@H]1COCc1ccccc1. The molecule has 3 nitrogen and oxygen atoms in total. The number of aldehydes is 1. The van der Waals surface area contributed by atoms with Gasteiger partial charge in [-0.05, 0) is 5.56 Å². The summed E-state index contributed by atoms with van der Waals surface area (Å²) in [6, 6.07) is 9.92. The van der Waals surface area contributed by atoms with Crippen LogP contribution in [0.1, 0.15) is 5.56 Å². The van der Waals surface area contributed by atoms with Gasteiger partial charge in [-0.15, -0.1) is 0 Å². The van der Waals surface area contributed by atoms with E-state index in [0.717, 1.165) is 11.8 Å². The molecule has 0 radical (unpaired) electrons. The van der Waals surface area contributed by atoms with Gasteiger partial charge < -0.3 is 14.3 Å². The predicted octanol–water partition coefficient (Wildman–Crippen LogP) is 1.17. The van der Waals surface area contributed by atoms with Gasteiger partial charge in [0.25, 0.3) is 0 Å². The lowest BCUT2D eigenvalue weighted by Crippen LogP contribution is -2.05. The molecule has 0 spiro atoms. The van der Waals surface area contributed by atoms with E-state index in [4.69, 9.17) is 9.47 Å². The maximum atomic E-state index is 10.2. The van der Waals surface area contributed by atoms with E-state index in [2.05, 4.69) is 0 Å². The van der Waals surface area contributed by atoms with Crippen LogP contribution in [0.25, 0.3) is 0 Å². The van der Waals surface area contributed by atoms with Crippen LogP contribution in [0.3, 0.4) is 0 Å². The first-order chi connectivity index (χ1) is 6.90. The summed E-state index contributed by atoms with van der Waals surface area (Å²) >= 11 is 0. The van der Waals surface area contributed by atoms with E-state index in [1.807, 2.05) is 30.3 Å². The van der Waals surface area contributed by atoms with Gasteiger partial charge in [-0.1, -0.05) is 30.3 Å². The number of ether oxygens (including phenoxy) is 2. The molecule has 0 aromatic heterocycles. The van der Waals surface area contributed by atoms with E-state index in [0.29, 0.717) is 13.2 Å². The van der Waals surface area contributed by atoms with Gasteiger partial charge in [0.2, 0.25) is 0 Å². The van der Waals surface area contributed by atoms with Gasteiger partial charge in [0.15, 0.2) is 6.29 Å². The number of hydrogen-bond donors (Lipinski definition) is 0. The summed E-state index contributed by atoms with van der Waals surface area (Å²) in [7, 11) is 0. The Labute approximate surface area is 82.6 Å². The molecule has 1 fully saturated rings. The summed E-state index contributed by atoms with van der Waals surface area (Å²) < 4.78 is 10.4. The molecule has 0 amide bonds. The van der Waals surface area contributed by atoms with E-state index in [9.17, 15) is 4.79 Å². The Morgan fingerprint density at radius 3 is 2.79 bits per heavy atom. The van der Waals surface area contributed by atoms with Crippen molar-refractivity contribution in [3.63, 3.8) is 0 Å². The van der Waals surface area contributed by atoms with Gasteiger partial charge >= 0.3 is 0 Å². The van der Waals surface area contributed by atoms with Gasteiger partial charge in [-0.25, -0.2) is 0 Å². The van der Waals surface area contributed by atoms with Gasteiger partial charge in [-0.3, -0.25) is 0 Å². The van der Waals surface area contributed by atoms with Crippen molar-refractivity contribution in [2.45, 2.75) is 18.8 Å². The fourth-order valence-electron chi connectivity index (χ4n) is 1.28. The second-order valence-corrected chi connectivity index (χ2v) is 3.28. The maximum absolute atomic E-state index is 10.2. The van der Waals surface area contributed by atoms with Crippen LogP contribution in [0.2, 0.25) is 0 Å². The average molecular weight is 192 g/mol. The summed E-state index contributed by atoms with van der Waals surface area (Å²) in [5.41, 5.74) is 1.14. The van der Waals surface area contributed by atoms with E-state index in [-0.39, 0.29) is 12.2 Å². The molecule has 1 aromatic carbocycles. The summed E-state index contributed by atoms with van der Waals surface area (Å²) in [6.07, 6.45) is 0.568. The smallest absolute Gasteiger partial charge is 0.151 e. The molecule has 2 atom stereocenters. The molecule has 1 saturated heterocycles. The third-order valence-electron chi connectivity index (χ3n) is 2.15. The summed E-state index contributed by atoms with van der Waals surface area (Å²) in [5.74, 6) is 0. The molecule has 3 heteroatoms. The Hall–Kier alpha value is -1.19.